The SMILES string of the molecule is CC.Cc1cccc(/C(=C\N(C)C)C(=O)c2c[nH]c(C(=O)N3CCOCC3)c2)c1. The molecule has 1 saturated heterocycles. The summed E-state index contributed by atoms with van der Waals surface area (Å²) >= 11 is 0. The number of morpholine rings is 1. The van der Waals surface area contributed by atoms with Crippen LogP contribution in [-0.4, -0.2) is 66.9 Å². The monoisotopic (exact) mass is 397 g/mol. The fraction of sp³-hybridized carbons (Fsp3) is 0.391. The highest BCUT2D eigenvalue weighted by atomic mass is 16.5. The number of H-pyrrole nitrogens is 1. The predicted octanol–water partition coefficient (Wildman–Crippen LogP) is 3.61. The molecule has 1 aliphatic heterocycles. The predicted molar refractivity (Wildman–Crippen MR) is 116 cm³/mol. The van der Waals surface area contributed by atoms with Gasteiger partial charge in [-0.3, -0.25) is 9.59 Å². The summed E-state index contributed by atoms with van der Waals surface area (Å²) in [7, 11) is 3.77. The first kappa shape index (κ1) is 22.4. The summed E-state index contributed by atoms with van der Waals surface area (Å²) in [6, 6.07) is 9.48. The Hall–Kier alpha value is -2.86. The largest absolute Gasteiger partial charge is 0.383 e. The van der Waals surface area contributed by atoms with E-state index in [-0.39, 0.29) is 11.7 Å². The second-order valence-corrected chi connectivity index (χ2v) is 6.91. The van der Waals surface area contributed by atoms with Gasteiger partial charge in [0, 0.05) is 50.7 Å². The maximum absolute atomic E-state index is 13.1. The van der Waals surface area contributed by atoms with Crippen LogP contribution in [0.4, 0.5) is 0 Å². The molecule has 6 nitrogen and oxygen atoms in total. The molecule has 6 heteroatoms. The zero-order chi connectivity index (χ0) is 21.4. The number of aryl methyl sites for hydroxylation is 1. The number of hydrogen-bond acceptors (Lipinski definition) is 4. The lowest BCUT2D eigenvalue weighted by Crippen LogP contribution is -2.40. The lowest BCUT2D eigenvalue weighted by molar-refractivity contribution is 0.0299. The maximum Gasteiger partial charge on any atom is 0.270 e. The number of benzene rings is 1. The number of aromatic nitrogens is 1. The van der Waals surface area contributed by atoms with Gasteiger partial charge in [-0.15, -0.1) is 0 Å². The van der Waals surface area contributed by atoms with Gasteiger partial charge in [0.05, 0.1) is 13.2 Å². The number of Topliss-reactive ketones (excluding diaryl/α,β-unsaturated/α-hetero) is 1. The van der Waals surface area contributed by atoms with E-state index < -0.39 is 0 Å². The summed E-state index contributed by atoms with van der Waals surface area (Å²) in [4.78, 5) is 32.3. The minimum Gasteiger partial charge on any atom is -0.383 e. The number of rotatable bonds is 5. The van der Waals surface area contributed by atoms with E-state index in [0.717, 1.165) is 11.1 Å². The highest BCUT2D eigenvalue weighted by molar-refractivity contribution is 6.29. The van der Waals surface area contributed by atoms with Crippen LogP contribution in [0, 0.1) is 6.92 Å². The van der Waals surface area contributed by atoms with E-state index in [9.17, 15) is 9.59 Å². The van der Waals surface area contributed by atoms with E-state index in [4.69, 9.17) is 4.74 Å². The van der Waals surface area contributed by atoms with Crippen LogP contribution in [-0.2, 0) is 4.74 Å². The van der Waals surface area contributed by atoms with Gasteiger partial charge in [0.2, 0.25) is 0 Å². The van der Waals surface area contributed by atoms with Gasteiger partial charge in [0.15, 0.2) is 5.78 Å². The molecule has 0 radical (unpaired) electrons. The normalized spacial score (nSPS) is 14.1. The molecule has 1 aliphatic rings. The molecule has 1 aromatic heterocycles. The number of nitrogens with one attached hydrogen (secondary N) is 1. The summed E-state index contributed by atoms with van der Waals surface area (Å²) in [6.07, 6.45) is 3.42. The van der Waals surface area contributed by atoms with E-state index >= 15 is 0 Å². The first-order chi connectivity index (χ1) is 14.0. The molecule has 29 heavy (non-hydrogen) atoms. The number of aromatic amines is 1. The van der Waals surface area contributed by atoms with Crippen molar-refractivity contribution >= 4 is 17.3 Å². The number of allylic oxidation sites excluding steroid dienone is 1. The van der Waals surface area contributed by atoms with E-state index in [0.29, 0.717) is 43.1 Å². The van der Waals surface area contributed by atoms with Crippen LogP contribution in [0.15, 0.2) is 42.7 Å². The number of amides is 1. The van der Waals surface area contributed by atoms with E-state index in [1.807, 2.05) is 70.2 Å². The van der Waals surface area contributed by atoms with Crippen molar-refractivity contribution in [2.45, 2.75) is 20.8 Å². The summed E-state index contributed by atoms with van der Waals surface area (Å²) in [6.45, 7) is 8.21. The van der Waals surface area contributed by atoms with Gasteiger partial charge >= 0.3 is 0 Å². The van der Waals surface area contributed by atoms with Crippen molar-refractivity contribution in [3.8, 4) is 0 Å². The molecule has 2 aromatic rings. The van der Waals surface area contributed by atoms with Crippen LogP contribution in [0.25, 0.3) is 5.57 Å². The molecule has 0 atom stereocenters. The minimum atomic E-state index is -0.119. The molecule has 0 saturated carbocycles. The van der Waals surface area contributed by atoms with Crippen LogP contribution in [0.5, 0.6) is 0 Å². The molecule has 0 unspecified atom stereocenters. The van der Waals surface area contributed by atoms with Gasteiger partial charge in [-0.05, 0) is 18.6 Å². The molecule has 3 rings (SSSR count). The molecular weight excluding hydrogens is 366 g/mol. The zero-order valence-electron chi connectivity index (χ0n) is 18.0. The second kappa shape index (κ2) is 10.6. The summed E-state index contributed by atoms with van der Waals surface area (Å²) < 4.78 is 5.29. The lowest BCUT2D eigenvalue weighted by atomic mass is 9.97. The summed E-state index contributed by atoms with van der Waals surface area (Å²) in [5.41, 5.74) is 3.43. The molecule has 0 spiro atoms. The van der Waals surface area contributed by atoms with Crippen molar-refractivity contribution in [1.82, 2.24) is 14.8 Å². The quantitative estimate of drug-likeness (QED) is 0.618. The number of hydrogen-bond donors (Lipinski definition) is 1. The smallest absolute Gasteiger partial charge is 0.270 e. The maximum atomic E-state index is 13.1. The minimum absolute atomic E-state index is 0.106. The number of carbonyl (C=O) groups is 2. The number of ketones is 1. The Morgan fingerprint density at radius 1 is 1.10 bits per heavy atom. The number of nitrogens with zero attached hydrogens (tertiary/aromatic N) is 2. The zero-order valence-corrected chi connectivity index (χ0v) is 18.0. The van der Waals surface area contributed by atoms with Gasteiger partial charge in [0.1, 0.15) is 5.69 Å². The fourth-order valence-electron chi connectivity index (χ4n) is 3.08. The first-order valence-corrected chi connectivity index (χ1v) is 10.0. The Morgan fingerprint density at radius 3 is 2.41 bits per heavy atom. The van der Waals surface area contributed by atoms with Crippen molar-refractivity contribution < 1.29 is 14.3 Å². The molecular formula is C23H31N3O3. The summed E-state index contributed by atoms with van der Waals surface area (Å²) in [5.74, 6) is -0.224. The number of carbonyl (C=O) groups excluding carboxylic acids is 2. The third kappa shape index (κ3) is 5.81. The third-order valence-corrected chi connectivity index (χ3v) is 4.43. The molecule has 0 bridgehead atoms. The molecule has 1 aromatic carbocycles. The van der Waals surface area contributed by atoms with Crippen LogP contribution < -0.4 is 0 Å². The molecule has 1 amide bonds. The first-order valence-electron chi connectivity index (χ1n) is 10.0. The highest BCUT2D eigenvalue weighted by Gasteiger charge is 2.22. The molecule has 156 valence electrons. The Bertz CT molecular complexity index is 862. The molecule has 0 aliphatic carbocycles. The molecule has 1 N–H and O–H groups in total. The van der Waals surface area contributed by atoms with Crippen LogP contribution in [0.2, 0.25) is 0 Å². The van der Waals surface area contributed by atoms with Gasteiger partial charge in [0.25, 0.3) is 5.91 Å². The fourth-order valence-corrected chi connectivity index (χ4v) is 3.08. The standard InChI is InChI=1S/C21H25N3O3.C2H6/c1-15-5-4-6-16(11-15)18(14-23(2)3)20(25)17-12-19(22-13-17)21(26)24-7-9-27-10-8-24;1-2/h4-6,11-14,22H,7-10H2,1-3H3;1-2H3/b18-14+;. The van der Waals surface area contributed by atoms with Gasteiger partial charge < -0.3 is 19.5 Å². The van der Waals surface area contributed by atoms with E-state index in [2.05, 4.69) is 4.98 Å². The number of ether oxygens (including phenoxy) is 1. The topological polar surface area (TPSA) is 65.6 Å². The van der Waals surface area contributed by atoms with E-state index in [1.165, 1.54) is 0 Å². The Kier molecular flexibility index (Phi) is 8.21. The van der Waals surface area contributed by atoms with Crippen molar-refractivity contribution in [3.05, 3.63) is 65.1 Å². The van der Waals surface area contributed by atoms with Crippen molar-refractivity contribution in [1.29, 1.82) is 0 Å². The van der Waals surface area contributed by atoms with Crippen molar-refractivity contribution in [2.24, 2.45) is 0 Å². The van der Waals surface area contributed by atoms with E-state index in [1.54, 1.807) is 17.2 Å². The average molecular weight is 398 g/mol. The van der Waals surface area contributed by atoms with Gasteiger partial charge in [-0.2, -0.15) is 0 Å². The molecule has 1 fully saturated rings. The van der Waals surface area contributed by atoms with Crippen LogP contribution in [0.1, 0.15) is 45.8 Å². The third-order valence-electron chi connectivity index (χ3n) is 4.43. The highest BCUT2D eigenvalue weighted by Crippen LogP contribution is 2.22. The summed E-state index contributed by atoms with van der Waals surface area (Å²) in [5, 5.41) is 0. The Labute approximate surface area is 173 Å². The van der Waals surface area contributed by atoms with Crippen LogP contribution in [0.3, 0.4) is 0 Å². The van der Waals surface area contributed by atoms with Gasteiger partial charge in [-0.25, -0.2) is 0 Å². The lowest BCUT2D eigenvalue weighted by Gasteiger charge is -2.26. The van der Waals surface area contributed by atoms with Gasteiger partial charge in [-0.1, -0.05) is 43.7 Å². The second-order valence-electron chi connectivity index (χ2n) is 6.91. The van der Waals surface area contributed by atoms with Crippen LogP contribution >= 0.6 is 0 Å². The Balaban J connectivity index is 0.00000145. The Morgan fingerprint density at radius 2 is 1.79 bits per heavy atom. The average Bonchev–Trinajstić information content (AvgIpc) is 3.23. The molecule has 2 heterocycles. The van der Waals surface area contributed by atoms with Crippen molar-refractivity contribution in [3.63, 3.8) is 0 Å². The van der Waals surface area contributed by atoms with Crippen molar-refractivity contribution in [2.75, 3.05) is 40.4 Å².